The lowest BCUT2D eigenvalue weighted by Gasteiger charge is -2.14. The lowest BCUT2D eigenvalue weighted by molar-refractivity contribution is 0.616. The predicted octanol–water partition coefficient (Wildman–Crippen LogP) is 3.07. The van der Waals surface area contributed by atoms with E-state index in [9.17, 15) is 0 Å². The molecule has 0 fully saturated rings. The highest BCUT2D eigenvalue weighted by Gasteiger charge is 2.08. The molecular weight excluding hydrogens is 196 g/mol. The molecule has 0 saturated carbocycles. The first-order valence-electron chi connectivity index (χ1n) is 4.90. The van der Waals surface area contributed by atoms with Crippen molar-refractivity contribution in [3.8, 4) is 0 Å². The van der Waals surface area contributed by atoms with Crippen molar-refractivity contribution in [2.24, 2.45) is 5.92 Å². The van der Waals surface area contributed by atoms with Crippen LogP contribution in [0.2, 0.25) is 0 Å². The molecule has 0 aliphatic rings. The Hall–Kier alpha value is -0.760. The third-order valence-electron chi connectivity index (χ3n) is 2.12. The van der Waals surface area contributed by atoms with E-state index in [4.69, 9.17) is 11.6 Å². The number of alkyl halides is 1. The molecule has 1 atom stereocenters. The van der Waals surface area contributed by atoms with Gasteiger partial charge in [0.2, 0.25) is 0 Å². The number of hydrogen-bond acceptors (Lipinski definition) is 2. The van der Waals surface area contributed by atoms with Gasteiger partial charge in [-0.3, -0.25) is 4.98 Å². The number of rotatable bonds is 4. The van der Waals surface area contributed by atoms with Crippen molar-refractivity contribution in [2.75, 3.05) is 11.9 Å². The highest BCUT2D eigenvalue weighted by Crippen LogP contribution is 2.12. The van der Waals surface area contributed by atoms with Crippen LogP contribution >= 0.6 is 11.6 Å². The number of anilines is 1. The summed E-state index contributed by atoms with van der Waals surface area (Å²) in [6.07, 6.45) is 1.80. The normalized spacial score (nSPS) is 12.9. The molecule has 0 aromatic carbocycles. The zero-order valence-electron chi connectivity index (χ0n) is 8.92. The average molecular weight is 213 g/mol. The smallest absolute Gasteiger partial charge is 0.0531 e. The Morgan fingerprint density at radius 1 is 1.50 bits per heavy atom. The standard InChI is InChI=1S/C11H17ClN2/c1-8(2)11(12)7-14-10-4-5-13-9(3)6-10/h4-6,8,11H,7H2,1-3H3,(H,13,14). The van der Waals surface area contributed by atoms with Gasteiger partial charge in [0.1, 0.15) is 0 Å². The Bertz CT molecular complexity index is 286. The Kier molecular flexibility index (Phi) is 4.21. The van der Waals surface area contributed by atoms with Crippen molar-refractivity contribution in [1.29, 1.82) is 0 Å². The molecule has 1 aromatic heterocycles. The van der Waals surface area contributed by atoms with Gasteiger partial charge in [-0.25, -0.2) is 0 Å². The van der Waals surface area contributed by atoms with Crippen LogP contribution < -0.4 is 5.32 Å². The van der Waals surface area contributed by atoms with E-state index < -0.39 is 0 Å². The molecular formula is C11H17ClN2. The summed E-state index contributed by atoms with van der Waals surface area (Å²) in [7, 11) is 0. The average Bonchev–Trinajstić information content (AvgIpc) is 2.14. The molecule has 1 unspecified atom stereocenters. The minimum Gasteiger partial charge on any atom is -0.383 e. The van der Waals surface area contributed by atoms with Gasteiger partial charge in [-0.05, 0) is 25.0 Å². The molecule has 0 bridgehead atoms. The molecule has 0 aliphatic heterocycles. The zero-order chi connectivity index (χ0) is 10.6. The van der Waals surface area contributed by atoms with E-state index in [1.54, 1.807) is 6.20 Å². The predicted molar refractivity (Wildman–Crippen MR) is 61.9 cm³/mol. The summed E-state index contributed by atoms with van der Waals surface area (Å²) in [5, 5.41) is 3.46. The molecule has 14 heavy (non-hydrogen) atoms. The third kappa shape index (κ3) is 3.54. The van der Waals surface area contributed by atoms with Crippen LogP contribution in [0.5, 0.6) is 0 Å². The second kappa shape index (κ2) is 5.20. The summed E-state index contributed by atoms with van der Waals surface area (Å²) in [6, 6.07) is 3.97. The molecule has 0 saturated heterocycles. The molecule has 3 heteroatoms. The number of nitrogens with one attached hydrogen (secondary N) is 1. The van der Waals surface area contributed by atoms with Crippen LogP contribution in [0.4, 0.5) is 5.69 Å². The van der Waals surface area contributed by atoms with Crippen molar-refractivity contribution >= 4 is 17.3 Å². The molecule has 78 valence electrons. The maximum absolute atomic E-state index is 6.13. The van der Waals surface area contributed by atoms with Crippen molar-refractivity contribution in [3.05, 3.63) is 24.0 Å². The summed E-state index contributed by atoms with van der Waals surface area (Å²) >= 11 is 6.13. The number of aromatic nitrogens is 1. The van der Waals surface area contributed by atoms with Crippen molar-refractivity contribution < 1.29 is 0 Å². The quantitative estimate of drug-likeness (QED) is 0.776. The lowest BCUT2D eigenvalue weighted by Crippen LogP contribution is -2.19. The van der Waals surface area contributed by atoms with Gasteiger partial charge in [-0.15, -0.1) is 11.6 Å². The van der Waals surface area contributed by atoms with Gasteiger partial charge in [0.15, 0.2) is 0 Å². The van der Waals surface area contributed by atoms with E-state index in [2.05, 4.69) is 24.1 Å². The topological polar surface area (TPSA) is 24.9 Å². The molecule has 1 N–H and O–H groups in total. The van der Waals surface area contributed by atoms with Gasteiger partial charge < -0.3 is 5.32 Å². The van der Waals surface area contributed by atoms with E-state index in [0.29, 0.717) is 5.92 Å². The summed E-state index contributed by atoms with van der Waals surface area (Å²) in [5.41, 5.74) is 2.11. The van der Waals surface area contributed by atoms with Crippen LogP contribution in [0.25, 0.3) is 0 Å². The molecule has 1 aromatic rings. The van der Waals surface area contributed by atoms with Crippen LogP contribution in [0.1, 0.15) is 19.5 Å². The van der Waals surface area contributed by atoms with E-state index >= 15 is 0 Å². The molecule has 1 heterocycles. The number of aryl methyl sites for hydroxylation is 1. The van der Waals surface area contributed by atoms with Crippen LogP contribution in [-0.2, 0) is 0 Å². The summed E-state index contributed by atoms with van der Waals surface area (Å²) in [6.45, 7) is 7.02. The van der Waals surface area contributed by atoms with Crippen LogP contribution in [-0.4, -0.2) is 16.9 Å². The summed E-state index contributed by atoms with van der Waals surface area (Å²) in [5.74, 6) is 0.493. The Labute approximate surface area is 90.7 Å². The van der Waals surface area contributed by atoms with Gasteiger partial charge in [-0.2, -0.15) is 0 Å². The molecule has 0 aliphatic carbocycles. The van der Waals surface area contributed by atoms with Gasteiger partial charge in [0.05, 0.1) is 5.38 Å². The molecule has 2 nitrogen and oxygen atoms in total. The fraction of sp³-hybridized carbons (Fsp3) is 0.545. The van der Waals surface area contributed by atoms with Gasteiger partial charge in [0, 0.05) is 24.1 Å². The Morgan fingerprint density at radius 2 is 2.21 bits per heavy atom. The fourth-order valence-electron chi connectivity index (χ4n) is 1.11. The van der Waals surface area contributed by atoms with Gasteiger partial charge in [0.25, 0.3) is 0 Å². The van der Waals surface area contributed by atoms with Gasteiger partial charge >= 0.3 is 0 Å². The van der Waals surface area contributed by atoms with Crippen molar-refractivity contribution in [3.63, 3.8) is 0 Å². The largest absolute Gasteiger partial charge is 0.383 e. The fourth-order valence-corrected chi connectivity index (χ4v) is 1.18. The van der Waals surface area contributed by atoms with Crippen LogP contribution in [0, 0.1) is 12.8 Å². The summed E-state index contributed by atoms with van der Waals surface area (Å²) < 4.78 is 0. The SMILES string of the molecule is Cc1cc(NCC(Cl)C(C)C)ccn1. The van der Waals surface area contributed by atoms with Crippen LogP contribution in [0.15, 0.2) is 18.3 Å². The lowest BCUT2D eigenvalue weighted by atomic mass is 10.1. The van der Waals surface area contributed by atoms with E-state index in [1.165, 1.54) is 0 Å². The minimum absolute atomic E-state index is 0.170. The second-order valence-corrected chi connectivity index (χ2v) is 4.39. The van der Waals surface area contributed by atoms with Crippen molar-refractivity contribution in [1.82, 2.24) is 4.98 Å². The summed E-state index contributed by atoms with van der Waals surface area (Å²) in [4.78, 5) is 4.13. The molecule has 0 amide bonds. The maximum Gasteiger partial charge on any atom is 0.0531 e. The number of pyridine rings is 1. The number of hydrogen-bond donors (Lipinski definition) is 1. The molecule has 1 rings (SSSR count). The third-order valence-corrected chi connectivity index (χ3v) is 2.78. The van der Waals surface area contributed by atoms with E-state index in [0.717, 1.165) is 17.9 Å². The molecule has 0 radical (unpaired) electrons. The first-order valence-corrected chi connectivity index (χ1v) is 5.34. The van der Waals surface area contributed by atoms with E-state index in [-0.39, 0.29) is 5.38 Å². The van der Waals surface area contributed by atoms with Crippen molar-refractivity contribution in [2.45, 2.75) is 26.1 Å². The number of halogens is 1. The first-order chi connectivity index (χ1) is 6.59. The molecule has 0 spiro atoms. The van der Waals surface area contributed by atoms with Gasteiger partial charge in [-0.1, -0.05) is 13.8 Å². The highest BCUT2D eigenvalue weighted by atomic mass is 35.5. The number of nitrogens with zero attached hydrogens (tertiary/aromatic N) is 1. The second-order valence-electron chi connectivity index (χ2n) is 3.83. The first kappa shape index (κ1) is 11.3. The minimum atomic E-state index is 0.170. The maximum atomic E-state index is 6.13. The monoisotopic (exact) mass is 212 g/mol. The Morgan fingerprint density at radius 3 is 2.79 bits per heavy atom. The zero-order valence-corrected chi connectivity index (χ0v) is 9.67. The highest BCUT2D eigenvalue weighted by molar-refractivity contribution is 6.21. The van der Waals surface area contributed by atoms with E-state index in [1.807, 2.05) is 19.1 Å². The van der Waals surface area contributed by atoms with Crippen LogP contribution in [0.3, 0.4) is 0 Å². The Balaban J connectivity index is 2.45.